The van der Waals surface area contributed by atoms with Crippen LogP contribution in [0.1, 0.15) is 12.0 Å². The number of nitrogens with one attached hydrogen (secondary N) is 2. The van der Waals surface area contributed by atoms with Gasteiger partial charge in [-0.3, -0.25) is 9.59 Å². The molecule has 0 aliphatic heterocycles. The molecule has 0 spiro atoms. The van der Waals surface area contributed by atoms with Crippen molar-refractivity contribution in [2.45, 2.75) is 6.42 Å². The van der Waals surface area contributed by atoms with E-state index in [-0.39, 0.29) is 30.6 Å². The minimum absolute atomic E-state index is 0.201. The van der Waals surface area contributed by atoms with E-state index in [9.17, 15) is 14.0 Å². The zero-order valence-electron chi connectivity index (χ0n) is 13.0. The fourth-order valence-electron chi connectivity index (χ4n) is 1.97. The van der Waals surface area contributed by atoms with Gasteiger partial charge in [0.25, 0.3) is 0 Å². The lowest BCUT2D eigenvalue weighted by Crippen LogP contribution is -2.18. The third-order valence-electron chi connectivity index (χ3n) is 3.13. The Kier molecular flexibility index (Phi) is 6.22. The van der Waals surface area contributed by atoms with Crippen LogP contribution in [0.25, 0.3) is 6.08 Å². The summed E-state index contributed by atoms with van der Waals surface area (Å²) in [4.78, 5) is 23.7. The van der Waals surface area contributed by atoms with Gasteiger partial charge in [-0.05, 0) is 35.9 Å². The molecule has 6 heteroatoms. The first-order valence-electron chi connectivity index (χ1n) is 7.42. The number of benzene rings is 2. The summed E-state index contributed by atoms with van der Waals surface area (Å²) in [6, 6.07) is 12.6. The summed E-state index contributed by atoms with van der Waals surface area (Å²) in [7, 11) is 0. The van der Waals surface area contributed by atoms with E-state index in [4.69, 9.17) is 5.73 Å². The molecule has 2 rings (SSSR count). The van der Waals surface area contributed by atoms with E-state index in [1.807, 2.05) is 0 Å². The second-order valence-corrected chi connectivity index (χ2v) is 5.01. The first-order valence-corrected chi connectivity index (χ1v) is 7.42. The molecule has 2 aromatic carbocycles. The van der Waals surface area contributed by atoms with E-state index in [0.29, 0.717) is 16.9 Å². The average molecular weight is 327 g/mol. The predicted molar refractivity (Wildman–Crippen MR) is 92.8 cm³/mol. The van der Waals surface area contributed by atoms with Crippen molar-refractivity contribution in [1.29, 1.82) is 0 Å². The van der Waals surface area contributed by atoms with Crippen molar-refractivity contribution in [2.75, 3.05) is 17.2 Å². The molecule has 0 aliphatic carbocycles. The molecule has 4 N–H and O–H groups in total. The van der Waals surface area contributed by atoms with Crippen LogP contribution in [0.4, 0.5) is 15.8 Å². The number of rotatable bonds is 6. The van der Waals surface area contributed by atoms with E-state index in [0.717, 1.165) is 0 Å². The molecule has 5 nitrogen and oxygen atoms in total. The van der Waals surface area contributed by atoms with Crippen LogP contribution >= 0.6 is 0 Å². The highest BCUT2D eigenvalue weighted by Crippen LogP contribution is 2.21. The second-order valence-electron chi connectivity index (χ2n) is 5.01. The van der Waals surface area contributed by atoms with Crippen LogP contribution in [0.15, 0.2) is 54.6 Å². The zero-order chi connectivity index (χ0) is 17.4. The Balaban J connectivity index is 2.03. The van der Waals surface area contributed by atoms with Gasteiger partial charge in [-0.1, -0.05) is 24.3 Å². The van der Waals surface area contributed by atoms with Crippen molar-refractivity contribution in [1.82, 2.24) is 0 Å². The van der Waals surface area contributed by atoms with Crippen LogP contribution in [0.3, 0.4) is 0 Å². The Bertz CT molecular complexity index is 742. The molecule has 0 unspecified atom stereocenters. The van der Waals surface area contributed by atoms with Crippen molar-refractivity contribution >= 4 is 29.3 Å². The minimum atomic E-state index is -0.361. The van der Waals surface area contributed by atoms with Gasteiger partial charge in [-0.15, -0.1) is 0 Å². The van der Waals surface area contributed by atoms with Gasteiger partial charge >= 0.3 is 0 Å². The summed E-state index contributed by atoms with van der Waals surface area (Å²) in [5, 5.41) is 5.39. The molecule has 0 radical (unpaired) electrons. The lowest BCUT2D eigenvalue weighted by atomic mass is 10.2. The average Bonchev–Trinajstić information content (AvgIpc) is 2.56. The van der Waals surface area contributed by atoms with Crippen molar-refractivity contribution < 1.29 is 14.0 Å². The van der Waals surface area contributed by atoms with Gasteiger partial charge in [0.1, 0.15) is 5.82 Å². The zero-order valence-corrected chi connectivity index (χ0v) is 13.0. The molecule has 0 aromatic heterocycles. The van der Waals surface area contributed by atoms with Crippen molar-refractivity contribution in [3.8, 4) is 0 Å². The molecule has 2 amide bonds. The molecule has 0 bridgehead atoms. The molecule has 0 saturated carbocycles. The SMILES string of the molecule is NCCC(=O)Nc1ccccc1NC(=O)/C=C/c1ccc(F)cc1. The minimum Gasteiger partial charge on any atom is -0.330 e. The first kappa shape index (κ1) is 17.4. The van der Waals surface area contributed by atoms with Gasteiger partial charge < -0.3 is 16.4 Å². The predicted octanol–water partition coefficient (Wildman–Crippen LogP) is 2.76. The van der Waals surface area contributed by atoms with Crippen LogP contribution in [0.5, 0.6) is 0 Å². The Morgan fingerprint density at radius 1 is 1.00 bits per heavy atom. The Morgan fingerprint density at radius 3 is 2.25 bits per heavy atom. The highest BCUT2D eigenvalue weighted by Gasteiger charge is 2.07. The van der Waals surface area contributed by atoms with E-state index >= 15 is 0 Å². The number of carbonyl (C=O) groups is 2. The highest BCUT2D eigenvalue weighted by molar-refractivity contribution is 6.05. The lowest BCUT2D eigenvalue weighted by Gasteiger charge is -2.11. The van der Waals surface area contributed by atoms with Gasteiger partial charge in [0, 0.05) is 19.0 Å². The molecule has 124 valence electrons. The van der Waals surface area contributed by atoms with Crippen LogP contribution in [0, 0.1) is 5.82 Å². The van der Waals surface area contributed by atoms with E-state index < -0.39 is 0 Å². The summed E-state index contributed by atoms with van der Waals surface area (Å²) in [5.74, 6) is -0.917. The summed E-state index contributed by atoms with van der Waals surface area (Å²) in [6.07, 6.45) is 3.11. The fourth-order valence-corrected chi connectivity index (χ4v) is 1.97. The molecule has 24 heavy (non-hydrogen) atoms. The maximum absolute atomic E-state index is 12.8. The maximum Gasteiger partial charge on any atom is 0.248 e. The van der Waals surface area contributed by atoms with Crippen LogP contribution in [-0.4, -0.2) is 18.4 Å². The fraction of sp³-hybridized carbons (Fsp3) is 0.111. The number of nitrogens with two attached hydrogens (primary N) is 1. The van der Waals surface area contributed by atoms with Gasteiger partial charge in [-0.25, -0.2) is 4.39 Å². The molecule has 0 fully saturated rings. The maximum atomic E-state index is 12.8. The third kappa shape index (κ3) is 5.33. The van der Waals surface area contributed by atoms with E-state index in [1.54, 1.807) is 42.5 Å². The molecule has 0 atom stereocenters. The van der Waals surface area contributed by atoms with Crippen LogP contribution in [-0.2, 0) is 9.59 Å². The summed E-state index contributed by atoms with van der Waals surface area (Å²) < 4.78 is 12.8. The first-order chi connectivity index (χ1) is 11.6. The molecule has 2 aromatic rings. The van der Waals surface area contributed by atoms with E-state index in [1.165, 1.54) is 18.2 Å². The smallest absolute Gasteiger partial charge is 0.248 e. The number of halogens is 1. The summed E-state index contributed by atoms with van der Waals surface area (Å²) >= 11 is 0. The quantitative estimate of drug-likeness (QED) is 0.713. The summed E-state index contributed by atoms with van der Waals surface area (Å²) in [6.45, 7) is 0.251. The van der Waals surface area contributed by atoms with E-state index in [2.05, 4.69) is 10.6 Å². The van der Waals surface area contributed by atoms with Gasteiger partial charge in [0.15, 0.2) is 0 Å². The number of hydrogen-bond donors (Lipinski definition) is 3. The van der Waals surface area contributed by atoms with Crippen molar-refractivity contribution in [2.24, 2.45) is 5.73 Å². The number of hydrogen-bond acceptors (Lipinski definition) is 3. The monoisotopic (exact) mass is 327 g/mol. The number of amides is 2. The summed E-state index contributed by atoms with van der Waals surface area (Å²) in [5.41, 5.74) is 7.03. The number of para-hydroxylation sites is 2. The molecular weight excluding hydrogens is 309 g/mol. The van der Waals surface area contributed by atoms with Crippen LogP contribution < -0.4 is 16.4 Å². The third-order valence-corrected chi connectivity index (χ3v) is 3.13. The second kappa shape index (κ2) is 8.59. The molecule has 0 aliphatic rings. The largest absolute Gasteiger partial charge is 0.330 e. The molecule has 0 heterocycles. The molecular formula is C18H18FN3O2. The lowest BCUT2D eigenvalue weighted by molar-refractivity contribution is -0.116. The van der Waals surface area contributed by atoms with Crippen molar-refractivity contribution in [3.05, 3.63) is 66.0 Å². The number of anilines is 2. The van der Waals surface area contributed by atoms with Gasteiger partial charge in [0.05, 0.1) is 11.4 Å². The standard InChI is InChI=1S/C18H18FN3O2/c19-14-8-5-13(6-9-14)7-10-17(23)21-15-3-1-2-4-16(15)22-18(24)11-12-20/h1-10H,11-12,20H2,(H,21,23)(H,22,24)/b10-7+. The molecule has 0 saturated heterocycles. The Hall–Kier alpha value is -2.99. The van der Waals surface area contributed by atoms with Gasteiger partial charge in [-0.2, -0.15) is 0 Å². The normalized spacial score (nSPS) is 10.6. The van der Waals surface area contributed by atoms with Gasteiger partial charge in [0.2, 0.25) is 11.8 Å². The Morgan fingerprint density at radius 2 is 1.62 bits per heavy atom. The Labute approximate surface area is 139 Å². The topological polar surface area (TPSA) is 84.2 Å². The van der Waals surface area contributed by atoms with Crippen molar-refractivity contribution in [3.63, 3.8) is 0 Å². The number of carbonyl (C=O) groups excluding carboxylic acids is 2. The highest BCUT2D eigenvalue weighted by atomic mass is 19.1. The van der Waals surface area contributed by atoms with Crippen LogP contribution in [0.2, 0.25) is 0 Å².